The van der Waals surface area contributed by atoms with Gasteiger partial charge in [-0.15, -0.1) is 0 Å². The van der Waals surface area contributed by atoms with E-state index in [-0.39, 0.29) is 6.54 Å². The highest BCUT2D eigenvalue weighted by molar-refractivity contribution is 5.09. The second-order valence-electron chi connectivity index (χ2n) is 5.29. The molecule has 2 heterocycles. The quantitative estimate of drug-likeness (QED) is 0.890. The lowest BCUT2D eigenvalue weighted by atomic mass is 10.2. The zero-order valence-corrected chi connectivity index (χ0v) is 11.9. The van der Waals surface area contributed by atoms with E-state index in [0.29, 0.717) is 18.2 Å². The Hall–Kier alpha value is -1.76. The van der Waals surface area contributed by atoms with Crippen LogP contribution in [0.25, 0.3) is 0 Å². The van der Waals surface area contributed by atoms with Crippen molar-refractivity contribution in [3.63, 3.8) is 0 Å². The predicted octanol–water partition coefficient (Wildman–Crippen LogP) is 3.29. The Bertz CT molecular complexity index is 572. The summed E-state index contributed by atoms with van der Waals surface area (Å²) in [6.07, 6.45) is -3.12. The van der Waals surface area contributed by atoms with Crippen molar-refractivity contribution in [1.29, 1.82) is 0 Å². The van der Waals surface area contributed by atoms with Crippen molar-refractivity contribution >= 4 is 0 Å². The second kappa shape index (κ2) is 6.34. The van der Waals surface area contributed by atoms with Crippen molar-refractivity contribution < 1.29 is 17.6 Å². The molecule has 2 aromatic heterocycles. The molecule has 0 aliphatic heterocycles. The first-order valence-electron chi connectivity index (χ1n) is 6.73. The summed E-state index contributed by atoms with van der Waals surface area (Å²) < 4.78 is 44.1. The maximum Gasteiger partial charge on any atom is 0.435 e. The van der Waals surface area contributed by atoms with Gasteiger partial charge in [-0.25, -0.2) is 0 Å². The van der Waals surface area contributed by atoms with Gasteiger partial charge in [-0.1, -0.05) is 13.8 Å². The van der Waals surface area contributed by atoms with Crippen LogP contribution in [-0.4, -0.2) is 16.3 Å². The molecular weight excluding hydrogens is 283 g/mol. The smallest absolute Gasteiger partial charge is 0.435 e. The van der Waals surface area contributed by atoms with E-state index >= 15 is 0 Å². The predicted molar refractivity (Wildman–Crippen MR) is 71.6 cm³/mol. The highest BCUT2D eigenvalue weighted by Gasteiger charge is 2.33. The first-order valence-corrected chi connectivity index (χ1v) is 6.73. The van der Waals surface area contributed by atoms with Gasteiger partial charge in [0.25, 0.3) is 0 Å². The number of rotatable bonds is 6. The maximum absolute atomic E-state index is 12.4. The molecule has 4 nitrogen and oxygen atoms in total. The normalized spacial score (nSPS) is 12.3. The number of alkyl halides is 3. The van der Waals surface area contributed by atoms with Crippen molar-refractivity contribution in [2.45, 2.75) is 33.1 Å². The minimum Gasteiger partial charge on any atom is -0.463 e. The summed E-state index contributed by atoms with van der Waals surface area (Å²) in [5.74, 6) is 1.88. The molecule has 0 atom stereocenters. The Morgan fingerprint density at radius 3 is 2.57 bits per heavy atom. The summed E-state index contributed by atoms with van der Waals surface area (Å²) in [6, 6.07) is 4.52. The van der Waals surface area contributed by atoms with Crippen LogP contribution in [0.15, 0.2) is 28.8 Å². The van der Waals surface area contributed by atoms with Gasteiger partial charge in [0.05, 0.1) is 13.1 Å². The first-order chi connectivity index (χ1) is 9.84. The van der Waals surface area contributed by atoms with Crippen LogP contribution >= 0.6 is 0 Å². The summed E-state index contributed by atoms with van der Waals surface area (Å²) in [5, 5.41) is 6.72. The van der Waals surface area contributed by atoms with E-state index in [4.69, 9.17) is 4.42 Å². The largest absolute Gasteiger partial charge is 0.463 e. The minimum atomic E-state index is -4.42. The van der Waals surface area contributed by atoms with Gasteiger partial charge in [-0.3, -0.25) is 4.68 Å². The Kier molecular flexibility index (Phi) is 4.72. The van der Waals surface area contributed by atoms with Crippen molar-refractivity contribution in [1.82, 2.24) is 15.1 Å². The fourth-order valence-corrected chi connectivity index (χ4v) is 1.85. The van der Waals surface area contributed by atoms with Gasteiger partial charge < -0.3 is 9.73 Å². The minimum absolute atomic E-state index is 0.181. The van der Waals surface area contributed by atoms with Gasteiger partial charge in [0.1, 0.15) is 11.5 Å². The van der Waals surface area contributed by atoms with Crippen molar-refractivity contribution in [3.05, 3.63) is 41.6 Å². The van der Waals surface area contributed by atoms with Crippen molar-refractivity contribution in [2.75, 3.05) is 6.54 Å². The third-order valence-electron chi connectivity index (χ3n) is 2.82. The van der Waals surface area contributed by atoms with Crippen LogP contribution in [0.1, 0.15) is 31.1 Å². The molecule has 0 aromatic carbocycles. The van der Waals surface area contributed by atoms with E-state index in [1.165, 1.54) is 10.9 Å². The fraction of sp³-hybridized carbons (Fsp3) is 0.500. The molecule has 2 rings (SSSR count). The number of nitrogens with one attached hydrogen (secondary N) is 1. The zero-order chi connectivity index (χ0) is 15.5. The molecule has 0 amide bonds. The van der Waals surface area contributed by atoms with E-state index in [9.17, 15) is 13.2 Å². The van der Waals surface area contributed by atoms with Crippen LogP contribution in [0.5, 0.6) is 0 Å². The van der Waals surface area contributed by atoms with Gasteiger partial charge in [-0.2, -0.15) is 18.3 Å². The van der Waals surface area contributed by atoms with E-state index in [2.05, 4.69) is 24.3 Å². The number of furan rings is 1. The number of halogens is 3. The average Bonchev–Trinajstić information content (AvgIpc) is 2.98. The SMILES string of the molecule is CC(C)CNCc1ccc(Cn2ccc(C(F)(F)F)n2)o1. The molecule has 116 valence electrons. The molecule has 2 aromatic rings. The van der Waals surface area contributed by atoms with E-state index in [1.54, 1.807) is 6.07 Å². The lowest BCUT2D eigenvalue weighted by Crippen LogP contribution is -2.18. The topological polar surface area (TPSA) is 43.0 Å². The monoisotopic (exact) mass is 301 g/mol. The molecular formula is C14H18F3N3O. The zero-order valence-electron chi connectivity index (χ0n) is 11.9. The Labute approximate surface area is 120 Å². The van der Waals surface area contributed by atoms with Crippen LogP contribution in [-0.2, 0) is 19.3 Å². The van der Waals surface area contributed by atoms with Gasteiger partial charge in [-0.05, 0) is 30.7 Å². The molecule has 0 saturated heterocycles. The summed E-state index contributed by atoms with van der Waals surface area (Å²) in [4.78, 5) is 0. The van der Waals surface area contributed by atoms with E-state index in [0.717, 1.165) is 18.4 Å². The third-order valence-corrected chi connectivity index (χ3v) is 2.82. The molecule has 0 bridgehead atoms. The van der Waals surface area contributed by atoms with Gasteiger partial charge in [0.15, 0.2) is 5.69 Å². The lowest BCUT2D eigenvalue weighted by Gasteiger charge is -2.05. The molecule has 7 heteroatoms. The molecule has 0 fully saturated rings. The van der Waals surface area contributed by atoms with Gasteiger partial charge >= 0.3 is 6.18 Å². The average molecular weight is 301 g/mol. The fourth-order valence-electron chi connectivity index (χ4n) is 1.85. The summed E-state index contributed by atoms with van der Waals surface area (Å²) in [7, 11) is 0. The molecule has 0 unspecified atom stereocenters. The number of aromatic nitrogens is 2. The second-order valence-corrected chi connectivity index (χ2v) is 5.29. The highest BCUT2D eigenvalue weighted by atomic mass is 19.4. The van der Waals surface area contributed by atoms with Crippen LogP contribution in [0.4, 0.5) is 13.2 Å². The van der Waals surface area contributed by atoms with Crippen LogP contribution in [0, 0.1) is 5.92 Å². The molecule has 21 heavy (non-hydrogen) atoms. The molecule has 0 saturated carbocycles. The maximum atomic E-state index is 12.4. The molecule has 1 N–H and O–H groups in total. The van der Waals surface area contributed by atoms with E-state index in [1.807, 2.05) is 6.07 Å². The van der Waals surface area contributed by atoms with Gasteiger partial charge in [0, 0.05) is 6.20 Å². The van der Waals surface area contributed by atoms with Crippen LogP contribution in [0.3, 0.4) is 0 Å². The Morgan fingerprint density at radius 1 is 1.24 bits per heavy atom. The lowest BCUT2D eigenvalue weighted by molar-refractivity contribution is -0.141. The Balaban J connectivity index is 1.91. The highest BCUT2D eigenvalue weighted by Crippen LogP contribution is 2.27. The summed E-state index contributed by atoms with van der Waals surface area (Å²) >= 11 is 0. The molecule has 0 aliphatic rings. The van der Waals surface area contributed by atoms with Crippen molar-refractivity contribution in [2.24, 2.45) is 5.92 Å². The number of nitrogens with zero attached hydrogens (tertiary/aromatic N) is 2. The summed E-state index contributed by atoms with van der Waals surface area (Å²) in [6.45, 7) is 5.88. The molecule has 0 spiro atoms. The van der Waals surface area contributed by atoms with Gasteiger partial charge in [0.2, 0.25) is 0 Å². The van der Waals surface area contributed by atoms with Crippen molar-refractivity contribution in [3.8, 4) is 0 Å². The number of hydrogen-bond donors (Lipinski definition) is 1. The molecule has 0 aliphatic carbocycles. The molecule has 0 radical (unpaired) electrons. The first kappa shape index (κ1) is 15.6. The third kappa shape index (κ3) is 4.63. The Morgan fingerprint density at radius 2 is 1.95 bits per heavy atom. The van der Waals surface area contributed by atoms with Crippen LogP contribution in [0.2, 0.25) is 0 Å². The number of hydrogen-bond acceptors (Lipinski definition) is 3. The van der Waals surface area contributed by atoms with E-state index < -0.39 is 11.9 Å². The standard InChI is InChI=1S/C14H18F3N3O/c1-10(2)7-18-8-11-3-4-12(21-11)9-20-6-5-13(19-20)14(15,16)17/h3-6,10,18H,7-9H2,1-2H3. The van der Waals surface area contributed by atoms with Crippen LogP contribution < -0.4 is 5.32 Å². The summed E-state index contributed by atoms with van der Waals surface area (Å²) in [5.41, 5.74) is -0.895.